The van der Waals surface area contributed by atoms with Crippen LogP contribution in [0.3, 0.4) is 0 Å². The molecule has 3 aromatic carbocycles. The van der Waals surface area contributed by atoms with Gasteiger partial charge >= 0.3 is 0 Å². The van der Waals surface area contributed by atoms with Gasteiger partial charge in [0.15, 0.2) is 5.16 Å². The van der Waals surface area contributed by atoms with Crippen LogP contribution in [0.5, 0.6) is 0 Å². The number of aromatic nitrogens is 3. The zero-order chi connectivity index (χ0) is 21.6. The van der Waals surface area contributed by atoms with Crippen LogP contribution >= 0.6 is 11.8 Å². The van der Waals surface area contributed by atoms with Crippen LogP contribution in [0.1, 0.15) is 18.1 Å². The summed E-state index contributed by atoms with van der Waals surface area (Å²) in [4.78, 5) is 11.3. The van der Waals surface area contributed by atoms with Gasteiger partial charge in [0.25, 0.3) is 0 Å². The Balaban J connectivity index is 1.48. The van der Waals surface area contributed by atoms with Gasteiger partial charge in [0.2, 0.25) is 5.91 Å². The summed E-state index contributed by atoms with van der Waals surface area (Å²) in [6.45, 7) is 1.48. The lowest BCUT2D eigenvalue weighted by molar-refractivity contribution is -0.114. The lowest BCUT2D eigenvalue weighted by atomic mass is 10.00. The number of nitrogens with zero attached hydrogens (tertiary/aromatic N) is 4. The molecule has 0 aliphatic heterocycles. The first-order valence-electron chi connectivity index (χ1n) is 9.63. The number of nitriles is 1. The maximum atomic E-state index is 11.3. The molecule has 1 aromatic heterocycles. The minimum atomic E-state index is -0.114. The predicted octanol–water partition coefficient (Wildman–Crippen LogP) is 5.06. The zero-order valence-corrected chi connectivity index (χ0v) is 17.6. The van der Waals surface area contributed by atoms with Crippen molar-refractivity contribution in [1.82, 2.24) is 14.8 Å². The van der Waals surface area contributed by atoms with Gasteiger partial charge in [-0.2, -0.15) is 5.26 Å². The maximum absolute atomic E-state index is 11.3. The number of rotatable bonds is 6. The molecule has 4 aromatic rings. The molecular weight excluding hydrogens is 406 g/mol. The van der Waals surface area contributed by atoms with Gasteiger partial charge in [-0.3, -0.25) is 9.36 Å². The third kappa shape index (κ3) is 4.82. The molecule has 1 amide bonds. The van der Waals surface area contributed by atoms with Gasteiger partial charge in [0.1, 0.15) is 6.33 Å². The topological polar surface area (TPSA) is 83.6 Å². The molecule has 4 rings (SSSR count). The number of thioether (sulfide) groups is 1. The fraction of sp³-hybridized carbons (Fsp3) is 0.0833. The van der Waals surface area contributed by atoms with Crippen molar-refractivity contribution in [3.63, 3.8) is 0 Å². The molecule has 0 bridgehead atoms. The van der Waals surface area contributed by atoms with Crippen molar-refractivity contribution >= 4 is 23.4 Å². The van der Waals surface area contributed by atoms with Crippen molar-refractivity contribution in [2.24, 2.45) is 0 Å². The average Bonchev–Trinajstić information content (AvgIpc) is 3.26. The van der Waals surface area contributed by atoms with Crippen LogP contribution in [0.2, 0.25) is 0 Å². The highest BCUT2D eigenvalue weighted by atomic mass is 32.2. The van der Waals surface area contributed by atoms with Gasteiger partial charge in [0.05, 0.1) is 17.3 Å². The van der Waals surface area contributed by atoms with E-state index in [-0.39, 0.29) is 5.91 Å². The molecule has 1 heterocycles. The standard InChI is InChI=1S/C24H19N5OS/c1-17(30)27-21-6-4-7-22(13-21)29-16-26-28-24(29)31-15-18-9-11-19(12-10-18)23-8-3-2-5-20(23)14-25/h2-13,16H,15H2,1H3,(H,27,30). The van der Waals surface area contributed by atoms with E-state index in [4.69, 9.17) is 0 Å². The molecule has 31 heavy (non-hydrogen) atoms. The van der Waals surface area contributed by atoms with Gasteiger partial charge in [0, 0.05) is 18.4 Å². The Hall–Kier alpha value is -3.89. The number of carbonyl (C=O) groups is 1. The number of carbonyl (C=O) groups excluding carboxylic acids is 1. The van der Waals surface area contributed by atoms with Crippen LogP contribution in [0.15, 0.2) is 84.3 Å². The van der Waals surface area contributed by atoms with E-state index in [0.29, 0.717) is 5.56 Å². The van der Waals surface area contributed by atoms with E-state index in [2.05, 4.69) is 33.7 Å². The van der Waals surface area contributed by atoms with Gasteiger partial charge in [-0.15, -0.1) is 10.2 Å². The predicted molar refractivity (Wildman–Crippen MR) is 122 cm³/mol. The van der Waals surface area contributed by atoms with Crippen molar-refractivity contribution in [1.29, 1.82) is 5.26 Å². The number of nitrogens with one attached hydrogen (secondary N) is 1. The number of amides is 1. The summed E-state index contributed by atoms with van der Waals surface area (Å²) in [5, 5.41) is 21.2. The molecule has 0 fully saturated rings. The molecule has 0 aliphatic carbocycles. The Kier molecular flexibility index (Phi) is 6.11. The van der Waals surface area contributed by atoms with Crippen molar-refractivity contribution in [2.45, 2.75) is 17.8 Å². The first-order valence-corrected chi connectivity index (χ1v) is 10.6. The molecular formula is C24H19N5OS. The van der Waals surface area contributed by atoms with Crippen molar-refractivity contribution < 1.29 is 4.79 Å². The molecule has 0 aliphatic rings. The second-order valence-electron chi connectivity index (χ2n) is 6.86. The molecule has 0 radical (unpaired) electrons. The van der Waals surface area contributed by atoms with Crippen LogP contribution in [0, 0.1) is 11.3 Å². The zero-order valence-electron chi connectivity index (χ0n) is 16.8. The van der Waals surface area contributed by atoms with Gasteiger partial charge in [-0.05, 0) is 41.0 Å². The SMILES string of the molecule is CC(=O)Nc1cccc(-n2cnnc2SCc2ccc(-c3ccccc3C#N)cc2)c1. The van der Waals surface area contributed by atoms with E-state index in [1.54, 1.807) is 18.1 Å². The van der Waals surface area contributed by atoms with E-state index >= 15 is 0 Å². The second kappa shape index (κ2) is 9.28. The lowest BCUT2D eigenvalue weighted by Crippen LogP contribution is -2.06. The fourth-order valence-corrected chi connectivity index (χ4v) is 4.08. The van der Waals surface area contributed by atoms with Crippen LogP contribution in [0.25, 0.3) is 16.8 Å². The van der Waals surface area contributed by atoms with E-state index in [9.17, 15) is 10.1 Å². The molecule has 7 heteroatoms. The van der Waals surface area contributed by atoms with Gasteiger partial charge in [-0.25, -0.2) is 0 Å². The first kappa shape index (κ1) is 20.4. The van der Waals surface area contributed by atoms with Crippen LogP contribution in [-0.2, 0) is 10.5 Å². The fourth-order valence-electron chi connectivity index (χ4n) is 3.20. The highest BCUT2D eigenvalue weighted by Gasteiger charge is 2.09. The summed E-state index contributed by atoms with van der Waals surface area (Å²) in [6.07, 6.45) is 1.66. The number of benzene rings is 3. The van der Waals surface area contributed by atoms with Crippen molar-refractivity contribution in [2.75, 3.05) is 5.32 Å². The van der Waals surface area contributed by atoms with Crippen LogP contribution in [0.4, 0.5) is 5.69 Å². The number of hydrogen-bond donors (Lipinski definition) is 1. The molecule has 6 nitrogen and oxygen atoms in total. The normalized spacial score (nSPS) is 10.5. The van der Waals surface area contributed by atoms with Crippen molar-refractivity contribution in [3.8, 4) is 22.9 Å². The maximum Gasteiger partial charge on any atom is 0.221 e. The highest BCUT2D eigenvalue weighted by molar-refractivity contribution is 7.98. The summed E-state index contributed by atoms with van der Waals surface area (Å²) in [5.41, 5.74) is 5.36. The monoisotopic (exact) mass is 425 g/mol. The third-order valence-electron chi connectivity index (χ3n) is 4.64. The molecule has 1 N–H and O–H groups in total. The Morgan fingerprint density at radius 2 is 1.90 bits per heavy atom. The first-order chi connectivity index (χ1) is 15.1. The smallest absolute Gasteiger partial charge is 0.221 e. The molecule has 0 unspecified atom stereocenters. The van der Waals surface area contributed by atoms with Crippen molar-refractivity contribution in [3.05, 3.63) is 90.3 Å². The van der Waals surface area contributed by atoms with Gasteiger partial charge < -0.3 is 5.32 Å². The Morgan fingerprint density at radius 3 is 2.68 bits per heavy atom. The Bertz CT molecular complexity index is 1260. The molecule has 0 saturated heterocycles. The lowest BCUT2D eigenvalue weighted by Gasteiger charge is -2.09. The van der Waals surface area contributed by atoms with E-state index < -0.39 is 0 Å². The summed E-state index contributed by atoms with van der Waals surface area (Å²) in [5.74, 6) is 0.612. The minimum Gasteiger partial charge on any atom is -0.326 e. The Labute approximate surface area is 184 Å². The Morgan fingerprint density at radius 1 is 1.10 bits per heavy atom. The number of anilines is 1. The average molecular weight is 426 g/mol. The molecule has 0 atom stereocenters. The van der Waals surface area contributed by atoms with Crippen LogP contribution < -0.4 is 5.32 Å². The number of hydrogen-bond acceptors (Lipinski definition) is 5. The molecule has 0 saturated carbocycles. The highest BCUT2D eigenvalue weighted by Crippen LogP contribution is 2.27. The van der Waals surface area contributed by atoms with E-state index in [1.807, 2.05) is 65.2 Å². The molecule has 0 spiro atoms. The largest absolute Gasteiger partial charge is 0.326 e. The third-order valence-corrected chi connectivity index (χ3v) is 5.66. The summed E-state index contributed by atoms with van der Waals surface area (Å²) in [7, 11) is 0. The van der Waals surface area contributed by atoms with E-state index in [0.717, 1.165) is 39.0 Å². The van der Waals surface area contributed by atoms with E-state index in [1.165, 1.54) is 6.92 Å². The second-order valence-corrected chi connectivity index (χ2v) is 7.80. The molecule has 152 valence electrons. The summed E-state index contributed by atoms with van der Waals surface area (Å²) >= 11 is 1.58. The summed E-state index contributed by atoms with van der Waals surface area (Å²) in [6, 6.07) is 25.6. The van der Waals surface area contributed by atoms with Crippen LogP contribution in [-0.4, -0.2) is 20.7 Å². The quantitative estimate of drug-likeness (QED) is 0.437. The minimum absolute atomic E-state index is 0.114. The summed E-state index contributed by atoms with van der Waals surface area (Å²) < 4.78 is 1.90. The van der Waals surface area contributed by atoms with Gasteiger partial charge in [-0.1, -0.05) is 60.3 Å².